The van der Waals surface area contributed by atoms with E-state index < -0.39 is 23.4 Å². The van der Waals surface area contributed by atoms with Gasteiger partial charge in [0.1, 0.15) is 0 Å². The zero-order valence-corrected chi connectivity index (χ0v) is 11.5. The minimum Gasteiger partial charge on any atom is -0.478 e. The highest BCUT2D eigenvalue weighted by Crippen LogP contribution is 2.15. The molecule has 0 saturated carbocycles. The van der Waals surface area contributed by atoms with Crippen molar-refractivity contribution in [3.8, 4) is 6.01 Å². The van der Waals surface area contributed by atoms with Crippen molar-refractivity contribution in [3.63, 3.8) is 0 Å². The first-order valence-electron chi connectivity index (χ1n) is 6.18. The number of amides is 1. The van der Waals surface area contributed by atoms with Crippen LogP contribution in [0.3, 0.4) is 0 Å². The molecule has 1 aromatic heterocycles. The number of non-ortho nitro benzene ring substituents is 1. The molecule has 0 bridgehead atoms. The first-order chi connectivity index (χ1) is 11.0. The molecule has 0 saturated heterocycles. The van der Waals surface area contributed by atoms with Crippen molar-refractivity contribution >= 4 is 23.3 Å². The normalized spacial score (nSPS) is 9.91. The molecule has 118 valence electrons. The van der Waals surface area contributed by atoms with Crippen LogP contribution in [0, 0.1) is 10.1 Å². The van der Waals surface area contributed by atoms with E-state index in [0.717, 1.165) is 12.4 Å². The molecule has 0 aliphatic rings. The SMILES string of the molecule is O=C(COc1ncc(C(=O)O)cn1)Nc1ccc([N+](=O)[O-])cc1. The van der Waals surface area contributed by atoms with Crippen LogP contribution in [0.15, 0.2) is 36.7 Å². The summed E-state index contributed by atoms with van der Waals surface area (Å²) in [5.74, 6) is -1.70. The number of aromatic carboxylic acids is 1. The second-order valence-electron chi connectivity index (χ2n) is 4.20. The number of ether oxygens (including phenoxy) is 1. The first kappa shape index (κ1) is 15.8. The number of hydrogen-bond donors (Lipinski definition) is 2. The van der Waals surface area contributed by atoms with Gasteiger partial charge in [0.2, 0.25) is 0 Å². The van der Waals surface area contributed by atoms with E-state index in [-0.39, 0.29) is 17.3 Å². The highest BCUT2D eigenvalue weighted by Gasteiger charge is 2.09. The fourth-order valence-electron chi connectivity index (χ4n) is 1.49. The number of carboxylic acids is 1. The van der Waals surface area contributed by atoms with Gasteiger partial charge in [-0.3, -0.25) is 14.9 Å². The van der Waals surface area contributed by atoms with Gasteiger partial charge in [0.05, 0.1) is 10.5 Å². The van der Waals surface area contributed by atoms with E-state index in [1.54, 1.807) is 0 Å². The number of nitro groups is 1. The lowest BCUT2D eigenvalue weighted by Gasteiger charge is -2.06. The van der Waals surface area contributed by atoms with Crippen molar-refractivity contribution in [1.82, 2.24) is 9.97 Å². The number of nitrogens with one attached hydrogen (secondary N) is 1. The average Bonchev–Trinajstić information content (AvgIpc) is 2.54. The van der Waals surface area contributed by atoms with Gasteiger partial charge in [0.15, 0.2) is 6.61 Å². The molecule has 0 aliphatic heterocycles. The summed E-state index contributed by atoms with van der Waals surface area (Å²) in [7, 11) is 0. The second-order valence-corrected chi connectivity index (χ2v) is 4.20. The van der Waals surface area contributed by atoms with Crippen molar-refractivity contribution in [2.45, 2.75) is 0 Å². The molecule has 2 rings (SSSR count). The number of carbonyl (C=O) groups excluding carboxylic acids is 1. The topological polar surface area (TPSA) is 145 Å². The van der Waals surface area contributed by atoms with Crippen LogP contribution in [-0.4, -0.2) is 38.5 Å². The highest BCUT2D eigenvalue weighted by molar-refractivity contribution is 5.92. The molecule has 23 heavy (non-hydrogen) atoms. The van der Waals surface area contributed by atoms with Crippen LogP contribution in [0.4, 0.5) is 11.4 Å². The van der Waals surface area contributed by atoms with E-state index in [1.165, 1.54) is 24.3 Å². The van der Waals surface area contributed by atoms with Gasteiger partial charge in [0.25, 0.3) is 11.6 Å². The van der Waals surface area contributed by atoms with Gasteiger partial charge in [0, 0.05) is 30.2 Å². The number of nitro benzene ring substituents is 1. The Balaban J connectivity index is 1.87. The molecule has 1 aromatic carbocycles. The highest BCUT2D eigenvalue weighted by atomic mass is 16.6. The molecule has 0 atom stereocenters. The summed E-state index contributed by atoms with van der Waals surface area (Å²) >= 11 is 0. The van der Waals surface area contributed by atoms with Gasteiger partial charge in [-0.2, -0.15) is 0 Å². The van der Waals surface area contributed by atoms with Crippen LogP contribution >= 0.6 is 0 Å². The Morgan fingerprint density at radius 3 is 2.35 bits per heavy atom. The largest absolute Gasteiger partial charge is 0.478 e. The summed E-state index contributed by atoms with van der Waals surface area (Å²) in [5.41, 5.74) is 0.171. The summed E-state index contributed by atoms with van der Waals surface area (Å²) < 4.78 is 5.00. The van der Waals surface area contributed by atoms with Gasteiger partial charge in [-0.05, 0) is 12.1 Å². The van der Waals surface area contributed by atoms with Crippen molar-refractivity contribution in [2.75, 3.05) is 11.9 Å². The molecule has 1 amide bonds. The Hall–Kier alpha value is -3.56. The van der Waals surface area contributed by atoms with Crippen LogP contribution in [-0.2, 0) is 4.79 Å². The molecular formula is C13H10N4O6. The third kappa shape index (κ3) is 4.46. The Bertz CT molecular complexity index is 729. The fourth-order valence-corrected chi connectivity index (χ4v) is 1.49. The minimum absolute atomic E-state index is 0.0915. The lowest BCUT2D eigenvalue weighted by molar-refractivity contribution is -0.384. The van der Waals surface area contributed by atoms with Crippen LogP contribution in [0.5, 0.6) is 6.01 Å². The van der Waals surface area contributed by atoms with E-state index in [4.69, 9.17) is 9.84 Å². The van der Waals surface area contributed by atoms with E-state index in [1.807, 2.05) is 0 Å². The molecule has 0 spiro atoms. The smallest absolute Gasteiger partial charge is 0.338 e. The lowest BCUT2D eigenvalue weighted by Crippen LogP contribution is -2.20. The number of carbonyl (C=O) groups is 2. The Morgan fingerprint density at radius 2 is 1.83 bits per heavy atom. The van der Waals surface area contributed by atoms with Crippen LogP contribution < -0.4 is 10.1 Å². The number of aromatic nitrogens is 2. The quantitative estimate of drug-likeness (QED) is 0.595. The maximum Gasteiger partial charge on any atom is 0.338 e. The van der Waals surface area contributed by atoms with Crippen LogP contribution in [0.1, 0.15) is 10.4 Å². The van der Waals surface area contributed by atoms with Crippen molar-refractivity contribution in [2.24, 2.45) is 0 Å². The lowest BCUT2D eigenvalue weighted by atomic mass is 10.3. The van der Waals surface area contributed by atoms with Gasteiger partial charge < -0.3 is 15.2 Å². The Kier molecular flexibility index (Phi) is 4.77. The number of anilines is 1. The molecule has 0 unspecified atom stereocenters. The average molecular weight is 318 g/mol. The summed E-state index contributed by atoms with van der Waals surface area (Å²) in [6.45, 7) is -0.399. The summed E-state index contributed by atoms with van der Waals surface area (Å²) in [5, 5.41) is 21.7. The molecule has 2 aromatic rings. The van der Waals surface area contributed by atoms with Gasteiger partial charge in [-0.25, -0.2) is 14.8 Å². The number of hydrogen-bond acceptors (Lipinski definition) is 7. The molecule has 0 fully saturated rings. The van der Waals surface area contributed by atoms with Gasteiger partial charge in [-0.15, -0.1) is 0 Å². The number of benzene rings is 1. The van der Waals surface area contributed by atoms with Crippen molar-refractivity contribution < 1.29 is 24.4 Å². The van der Waals surface area contributed by atoms with Crippen molar-refractivity contribution in [3.05, 3.63) is 52.3 Å². The summed E-state index contributed by atoms with van der Waals surface area (Å²) in [6, 6.07) is 5.13. The summed E-state index contributed by atoms with van der Waals surface area (Å²) in [4.78, 5) is 39.5. The van der Waals surface area contributed by atoms with Crippen LogP contribution in [0.2, 0.25) is 0 Å². The summed E-state index contributed by atoms with van der Waals surface area (Å²) in [6.07, 6.45) is 2.11. The predicted molar refractivity (Wildman–Crippen MR) is 76.2 cm³/mol. The molecule has 1 heterocycles. The van der Waals surface area contributed by atoms with Crippen LogP contribution in [0.25, 0.3) is 0 Å². The van der Waals surface area contributed by atoms with E-state index in [2.05, 4.69) is 15.3 Å². The maximum absolute atomic E-state index is 11.7. The second kappa shape index (κ2) is 6.93. The van der Waals surface area contributed by atoms with Gasteiger partial charge >= 0.3 is 12.0 Å². The molecule has 10 heteroatoms. The predicted octanol–water partition coefficient (Wildman–Crippen LogP) is 1.10. The minimum atomic E-state index is -1.17. The Labute approximate surface area is 128 Å². The molecule has 2 N–H and O–H groups in total. The molecular weight excluding hydrogens is 308 g/mol. The van der Waals surface area contributed by atoms with Gasteiger partial charge in [-0.1, -0.05) is 0 Å². The van der Waals surface area contributed by atoms with E-state index in [0.29, 0.717) is 5.69 Å². The molecule has 0 aliphatic carbocycles. The fraction of sp³-hybridized carbons (Fsp3) is 0.0769. The third-order valence-electron chi connectivity index (χ3n) is 2.57. The number of rotatable bonds is 6. The molecule has 0 radical (unpaired) electrons. The number of carboxylic acid groups (broad SMARTS) is 1. The maximum atomic E-state index is 11.7. The van der Waals surface area contributed by atoms with E-state index >= 15 is 0 Å². The first-order valence-corrected chi connectivity index (χ1v) is 6.18. The zero-order valence-electron chi connectivity index (χ0n) is 11.5. The zero-order chi connectivity index (χ0) is 16.8. The van der Waals surface area contributed by atoms with E-state index in [9.17, 15) is 19.7 Å². The Morgan fingerprint density at radius 1 is 1.22 bits per heavy atom. The number of nitrogens with zero attached hydrogens (tertiary/aromatic N) is 3. The third-order valence-corrected chi connectivity index (χ3v) is 2.57. The molecule has 10 nitrogen and oxygen atoms in total. The van der Waals surface area contributed by atoms with Crippen molar-refractivity contribution in [1.29, 1.82) is 0 Å². The standard InChI is InChI=1S/C13H10N4O6/c18-11(16-9-1-3-10(4-2-9)17(21)22)7-23-13-14-5-8(6-15-13)12(19)20/h1-6H,7H2,(H,16,18)(H,19,20). The monoisotopic (exact) mass is 318 g/mol.